The molecule has 1 aliphatic carbocycles. The van der Waals surface area contributed by atoms with Crippen molar-refractivity contribution in [1.82, 2.24) is 19.9 Å². The molecule has 0 bridgehead atoms. The molecule has 8 nitrogen and oxygen atoms in total. The molecule has 1 amide bonds. The highest BCUT2D eigenvalue weighted by molar-refractivity contribution is 6.30. The summed E-state index contributed by atoms with van der Waals surface area (Å²) in [6, 6.07) is 4.85. The Labute approximate surface area is 201 Å². The fourth-order valence-electron chi connectivity index (χ4n) is 4.08. The average Bonchev–Trinajstić information content (AvgIpc) is 3.32. The van der Waals surface area contributed by atoms with Crippen LogP contribution in [-0.2, 0) is 0 Å². The van der Waals surface area contributed by atoms with E-state index >= 15 is 0 Å². The summed E-state index contributed by atoms with van der Waals surface area (Å²) in [7, 11) is 0. The molecule has 10 heteroatoms. The molecule has 3 unspecified atom stereocenters. The van der Waals surface area contributed by atoms with Crippen LogP contribution >= 0.6 is 11.6 Å². The zero-order valence-electron chi connectivity index (χ0n) is 18.7. The third kappa shape index (κ3) is 5.38. The van der Waals surface area contributed by atoms with Gasteiger partial charge in [0.1, 0.15) is 11.6 Å². The molecule has 2 aromatic heterocycles. The van der Waals surface area contributed by atoms with Crippen molar-refractivity contribution in [2.24, 2.45) is 0 Å². The summed E-state index contributed by atoms with van der Waals surface area (Å²) in [5, 5.41) is 25.9. The lowest BCUT2D eigenvalue weighted by atomic mass is 9.93. The minimum atomic E-state index is -0.743. The molecule has 2 heterocycles. The first kappa shape index (κ1) is 24.1. The molecular weight excluding hydrogens is 461 g/mol. The zero-order chi connectivity index (χ0) is 24.2. The van der Waals surface area contributed by atoms with Gasteiger partial charge in [-0.05, 0) is 43.5 Å². The number of rotatable bonds is 7. The molecule has 1 fully saturated rings. The maximum atomic E-state index is 13.5. The van der Waals surface area contributed by atoms with Crippen molar-refractivity contribution >= 4 is 23.5 Å². The van der Waals surface area contributed by atoms with Crippen molar-refractivity contribution < 1.29 is 19.4 Å². The molecule has 4 N–H and O–H groups in total. The number of anilines is 1. The molecule has 1 aromatic carbocycles. The monoisotopic (exact) mass is 487 g/mol. The standard InChI is InChI=1S/C24H27ClFN5O3/c1-14-11-27-24(29-19-4-2-3-5-21(19)33)30-22(14)31-9-8-16(12-31)23(34)28-20(13-32)15-6-7-18(26)17(25)10-15/h6-12,19-21,32-33H,2-5,13H2,1H3,(H,28,34)(H,27,29,30). The van der Waals surface area contributed by atoms with E-state index in [4.69, 9.17) is 11.6 Å². The number of halogens is 2. The SMILES string of the molecule is Cc1cnc(NC2CCCCC2O)nc1-n1ccc(C(=O)NC(CO)c2ccc(F)c(Cl)c2)c1. The maximum Gasteiger partial charge on any atom is 0.253 e. The topological polar surface area (TPSA) is 112 Å². The van der Waals surface area contributed by atoms with Crippen LogP contribution in [0.2, 0.25) is 5.02 Å². The van der Waals surface area contributed by atoms with Crippen LogP contribution in [0.4, 0.5) is 10.3 Å². The first-order valence-corrected chi connectivity index (χ1v) is 11.6. The Kier molecular flexibility index (Phi) is 7.45. The number of hydrogen-bond donors (Lipinski definition) is 4. The van der Waals surface area contributed by atoms with Crippen LogP contribution in [0.5, 0.6) is 0 Å². The molecule has 180 valence electrons. The lowest BCUT2D eigenvalue weighted by Crippen LogP contribution is -2.36. The Balaban J connectivity index is 1.49. The third-order valence-electron chi connectivity index (χ3n) is 6.02. The van der Waals surface area contributed by atoms with Gasteiger partial charge in [-0.3, -0.25) is 4.79 Å². The number of aryl methyl sites for hydroxylation is 1. The first-order chi connectivity index (χ1) is 16.4. The summed E-state index contributed by atoms with van der Waals surface area (Å²) >= 11 is 5.83. The number of hydrogen-bond acceptors (Lipinski definition) is 6. The van der Waals surface area contributed by atoms with E-state index in [1.165, 1.54) is 18.2 Å². The van der Waals surface area contributed by atoms with Crippen LogP contribution in [-0.4, -0.2) is 49.4 Å². The fourth-order valence-corrected chi connectivity index (χ4v) is 4.27. The van der Waals surface area contributed by atoms with Crippen molar-refractivity contribution in [3.05, 3.63) is 70.4 Å². The van der Waals surface area contributed by atoms with E-state index in [2.05, 4.69) is 20.6 Å². The summed E-state index contributed by atoms with van der Waals surface area (Å²) in [5.41, 5.74) is 1.67. The van der Waals surface area contributed by atoms with Gasteiger partial charge in [-0.25, -0.2) is 9.37 Å². The van der Waals surface area contributed by atoms with Crippen LogP contribution in [0.3, 0.4) is 0 Å². The summed E-state index contributed by atoms with van der Waals surface area (Å²) < 4.78 is 15.2. The molecule has 3 aromatic rings. The van der Waals surface area contributed by atoms with Gasteiger partial charge in [-0.2, -0.15) is 4.98 Å². The number of carbonyl (C=O) groups excluding carboxylic acids is 1. The molecule has 0 spiro atoms. The van der Waals surface area contributed by atoms with E-state index in [-0.39, 0.29) is 17.7 Å². The molecule has 1 aliphatic rings. The van der Waals surface area contributed by atoms with Gasteiger partial charge < -0.3 is 25.4 Å². The van der Waals surface area contributed by atoms with Crippen molar-refractivity contribution in [2.75, 3.05) is 11.9 Å². The number of amides is 1. The summed E-state index contributed by atoms with van der Waals surface area (Å²) in [4.78, 5) is 21.8. The first-order valence-electron chi connectivity index (χ1n) is 11.2. The average molecular weight is 488 g/mol. The number of nitrogens with one attached hydrogen (secondary N) is 2. The Morgan fingerprint density at radius 1 is 1.32 bits per heavy atom. The van der Waals surface area contributed by atoms with Gasteiger partial charge in [0.2, 0.25) is 5.95 Å². The quantitative estimate of drug-likeness (QED) is 0.405. The highest BCUT2D eigenvalue weighted by atomic mass is 35.5. The van der Waals surface area contributed by atoms with E-state index in [1.54, 1.807) is 29.2 Å². The predicted molar refractivity (Wildman–Crippen MR) is 127 cm³/mol. The smallest absolute Gasteiger partial charge is 0.253 e. The lowest BCUT2D eigenvalue weighted by molar-refractivity contribution is 0.0916. The van der Waals surface area contributed by atoms with Crippen LogP contribution in [0.25, 0.3) is 5.82 Å². The molecule has 34 heavy (non-hydrogen) atoms. The van der Waals surface area contributed by atoms with Gasteiger partial charge in [0.15, 0.2) is 0 Å². The molecular formula is C24H27ClFN5O3. The van der Waals surface area contributed by atoms with Gasteiger partial charge in [0.05, 0.1) is 35.4 Å². The summed E-state index contributed by atoms with van der Waals surface area (Å²) in [6.45, 7) is 1.50. The number of aromatic nitrogens is 3. The Morgan fingerprint density at radius 3 is 2.85 bits per heavy atom. The largest absolute Gasteiger partial charge is 0.394 e. The van der Waals surface area contributed by atoms with Crippen molar-refractivity contribution in [2.45, 2.75) is 50.8 Å². The van der Waals surface area contributed by atoms with Gasteiger partial charge >= 0.3 is 0 Å². The Bertz CT molecular complexity index is 1170. The predicted octanol–water partition coefficient (Wildman–Crippen LogP) is 3.55. The number of nitrogens with zero attached hydrogens (tertiary/aromatic N) is 3. The van der Waals surface area contributed by atoms with Crippen LogP contribution in [0, 0.1) is 12.7 Å². The second-order valence-electron chi connectivity index (χ2n) is 8.49. The highest BCUT2D eigenvalue weighted by Crippen LogP contribution is 2.23. The van der Waals surface area contributed by atoms with E-state index in [1.807, 2.05) is 6.92 Å². The molecule has 0 aliphatic heterocycles. The molecule has 0 saturated heterocycles. The maximum absolute atomic E-state index is 13.5. The van der Waals surface area contributed by atoms with Gasteiger partial charge in [-0.1, -0.05) is 30.5 Å². The minimum Gasteiger partial charge on any atom is -0.394 e. The van der Waals surface area contributed by atoms with Crippen molar-refractivity contribution in [3.8, 4) is 5.82 Å². The fraction of sp³-hybridized carbons (Fsp3) is 0.375. The molecule has 0 radical (unpaired) electrons. The van der Waals surface area contributed by atoms with Gasteiger partial charge in [0, 0.05) is 24.2 Å². The number of aliphatic hydroxyl groups excluding tert-OH is 2. The Morgan fingerprint density at radius 2 is 2.12 bits per heavy atom. The highest BCUT2D eigenvalue weighted by Gasteiger charge is 2.24. The van der Waals surface area contributed by atoms with Gasteiger partial charge in [0.25, 0.3) is 5.91 Å². The molecule has 3 atom stereocenters. The van der Waals surface area contributed by atoms with E-state index < -0.39 is 23.9 Å². The van der Waals surface area contributed by atoms with E-state index in [9.17, 15) is 19.4 Å². The van der Waals surface area contributed by atoms with Gasteiger partial charge in [-0.15, -0.1) is 0 Å². The van der Waals surface area contributed by atoms with E-state index in [0.717, 1.165) is 31.2 Å². The van der Waals surface area contributed by atoms with Crippen LogP contribution in [0.15, 0.2) is 42.9 Å². The second-order valence-corrected chi connectivity index (χ2v) is 8.90. The zero-order valence-corrected chi connectivity index (χ0v) is 19.5. The molecule has 1 saturated carbocycles. The van der Waals surface area contributed by atoms with E-state index in [0.29, 0.717) is 22.9 Å². The normalized spacial score (nSPS) is 19.0. The second kappa shape index (κ2) is 10.5. The third-order valence-corrected chi connectivity index (χ3v) is 6.31. The van der Waals surface area contributed by atoms with Crippen LogP contribution in [0.1, 0.15) is 53.2 Å². The summed E-state index contributed by atoms with van der Waals surface area (Å²) in [5.74, 6) is 0.0388. The Hall–Kier alpha value is -3.01. The number of carbonyl (C=O) groups is 1. The minimum absolute atomic E-state index is 0.0826. The number of aliphatic hydroxyl groups is 2. The molecule has 4 rings (SSSR count). The number of benzene rings is 1. The van der Waals surface area contributed by atoms with Crippen LogP contribution < -0.4 is 10.6 Å². The summed E-state index contributed by atoms with van der Waals surface area (Å²) in [6.07, 6.45) is 8.28. The van der Waals surface area contributed by atoms with Crippen molar-refractivity contribution in [3.63, 3.8) is 0 Å². The van der Waals surface area contributed by atoms with Crippen molar-refractivity contribution in [1.29, 1.82) is 0 Å². The lowest BCUT2D eigenvalue weighted by Gasteiger charge is -2.28.